The van der Waals surface area contributed by atoms with Gasteiger partial charge in [0.1, 0.15) is 0 Å². The van der Waals surface area contributed by atoms with E-state index in [1.807, 2.05) is 26.0 Å². The van der Waals surface area contributed by atoms with E-state index in [2.05, 4.69) is 40.5 Å². The van der Waals surface area contributed by atoms with Gasteiger partial charge in [-0.2, -0.15) is 0 Å². The Morgan fingerprint density at radius 2 is 2.09 bits per heavy atom. The summed E-state index contributed by atoms with van der Waals surface area (Å²) in [5.74, 6) is 0.0692. The zero-order valence-electron chi connectivity index (χ0n) is 13.8. The topological polar surface area (TPSA) is 41.6 Å². The number of carbonyl (C=O) groups excluding carboxylic acids is 1. The number of fused-ring (bicyclic) bond motifs is 1. The molecule has 0 aliphatic carbocycles. The third-order valence-electron chi connectivity index (χ3n) is 4.34. The molecule has 4 nitrogen and oxygen atoms in total. The van der Waals surface area contributed by atoms with Gasteiger partial charge < -0.3 is 10.1 Å². The number of morpholine rings is 1. The Morgan fingerprint density at radius 3 is 2.87 bits per heavy atom. The monoisotopic (exact) mass is 312 g/mol. The van der Waals surface area contributed by atoms with Gasteiger partial charge in [-0.25, -0.2) is 0 Å². The van der Waals surface area contributed by atoms with E-state index in [0.29, 0.717) is 13.2 Å². The van der Waals surface area contributed by atoms with Crippen molar-refractivity contribution in [3.05, 3.63) is 48.0 Å². The first-order valence-electron chi connectivity index (χ1n) is 8.24. The summed E-state index contributed by atoms with van der Waals surface area (Å²) in [7, 11) is 0. The molecule has 2 aromatic rings. The van der Waals surface area contributed by atoms with Crippen molar-refractivity contribution in [2.24, 2.45) is 0 Å². The first-order chi connectivity index (χ1) is 11.1. The zero-order chi connectivity index (χ0) is 16.2. The van der Waals surface area contributed by atoms with Gasteiger partial charge in [0, 0.05) is 13.1 Å². The number of amides is 1. The minimum absolute atomic E-state index is 0.00516. The third-order valence-corrected chi connectivity index (χ3v) is 4.34. The number of nitrogens with zero attached hydrogens (tertiary/aromatic N) is 1. The van der Waals surface area contributed by atoms with E-state index in [0.717, 1.165) is 18.7 Å². The number of rotatable bonds is 4. The second kappa shape index (κ2) is 7.11. The lowest BCUT2D eigenvalue weighted by Gasteiger charge is -2.30. The number of ether oxygens (including phenoxy) is 1. The van der Waals surface area contributed by atoms with E-state index in [1.165, 1.54) is 10.8 Å². The number of hydrogen-bond donors (Lipinski definition) is 1. The molecule has 3 rings (SSSR count). The van der Waals surface area contributed by atoms with Crippen LogP contribution in [0.3, 0.4) is 0 Å². The normalized spacial score (nSPS) is 20.3. The van der Waals surface area contributed by atoms with Crippen molar-refractivity contribution in [2.45, 2.75) is 26.0 Å². The molecule has 0 aromatic heterocycles. The van der Waals surface area contributed by atoms with Gasteiger partial charge in [-0.1, -0.05) is 36.4 Å². The Morgan fingerprint density at radius 1 is 1.30 bits per heavy atom. The summed E-state index contributed by atoms with van der Waals surface area (Å²) in [6, 6.07) is 14.6. The molecule has 0 saturated carbocycles. The van der Waals surface area contributed by atoms with Crippen LogP contribution in [0.15, 0.2) is 42.5 Å². The van der Waals surface area contributed by atoms with Gasteiger partial charge in [-0.05, 0) is 36.2 Å². The molecule has 122 valence electrons. The molecular formula is C19H24N2O2. The Hall–Kier alpha value is -1.91. The van der Waals surface area contributed by atoms with Crippen molar-refractivity contribution in [1.29, 1.82) is 0 Å². The summed E-state index contributed by atoms with van der Waals surface area (Å²) in [6.45, 7) is 6.85. The van der Waals surface area contributed by atoms with Gasteiger partial charge in [0.05, 0.1) is 25.3 Å². The Balaban J connectivity index is 1.60. The maximum Gasteiger partial charge on any atom is 0.234 e. The highest BCUT2D eigenvalue weighted by Crippen LogP contribution is 2.20. The first-order valence-corrected chi connectivity index (χ1v) is 8.24. The summed E-state index contributed by atoms with van der Waals surface area (Å²) in [5, 5.41) is 5.52. The minimum atomic E-state index is 0.00516. The fraction of sp³-hybridized carbons (Fsp3) is 0.421. The second-order valence-electron chi connectivity index (χ2n) is 6.31. The highest BCUT2D eigenvalue weighted by Gasteiger charge is 2.19. The van der Waals surface area contributed by atoms with Crippen molar-refractivity contribution in [2.75, 3.05) is 26.2 Å². The molecule has 0 bridgehead atoms. The van der Waals surface area contributed by atoms with E-state index >= 15 is 0 Å². The van der Waals surface area contributed by atoms with Crippen LogP contribution in [0.25, 0.3) is 10.8 Å². The summed E-state index contributed by atoms with van der Waals surface area (Å²) in [6.07, 6.45) is 0.203. The SMILES string of the molecule is C[C@H]1CN(CC(=O)N[C@H](C)c2ccc3ccccc3c2)CCO1. The van der Waals surface area contributed by atoms with Crippen LogP contribution in [0.1, 0.15) is 25.5 Å². The number of hydrogen-bond acceptors (Lipinski definition) is 3. The van der Waals surface area contributed by atoms with Crippen molar-refractivity contribution >= 4 is 16.7 Å². The van der Waals surface area contributed by atoms with Crippen molar-refractivity contribution < 1.29 is 9.53 Å². The van der Waals surface area contributed by atoms with Crippen LogP contribution in [0.4, 0.5) is 0 Å². The predicted octanol–water partition coefficient (Wildman–Crippen LogP) is 2.74. The molecule has 2 aromatic carbocycles. The molecule has 23 heavy (non-hydrogen) atoms. The molecule has 2 atom stereocenters. The predicted molar refractivity (Wildman–Crippen MR) is 92.4 cm³/mol. The van der Waals surface area contributed by atoms with Crippen LogP contribution >= 0.6 is 0 Å². The average molecular weight is 312 g/mol. The number of benzene rings is 2. The lowest BCUT2D eigenvalue weighted by molar-refractivity contribution is -0.124. The molecule has 4 heteroatoms. The molecule has 1 heterocycles. The van der Waals surface area contributed by atoms with Crippen LogP contribution in [-0.2, 0) is 9.53 Å². The quantitative estimate of drug-likeness (QED) is 0.944. The summed E-state index contributed by atoms with van der Waals surface area (Å²) >= 11 is 0. The highest BCUT2D eigenvalue weighted by molar-refractivity contribution is 5.83. The summed E-state index contributed by atoms with van der Waals surface area (Å²) in [5.41, 5.74) is 1.13. The second-order valence-corrected chi connectivity index (χ2v) is 6.31. The van der Waals surface area contributed by atoms with Gasteiger partial charge in [0.15, 0.2) is 0 Å². The molecule has 0 spiro atoms. The fourth-order valence-corrected chi connectivity index (χ4v) is 3.08. The van der Waals surface area contributed by atoms with Gasteiger partial charge in [-0.3, -0.25) is 9.69 Å². The molecule has 1 amide bonds. The molecule has 1 fully saturated rings. The maximum atomic E-state index is 12.3. The van der Waals surface area contributed by atoms with Gasteiger partial charge in [0.2, 0.25) is 5.91 Å². The molecular weight excluding hydrogens is 288 g/mol. The lowest BCUT2D eigenvalue weighted by Crippen LogP contribution is -2.46. The lowest BCUT2D eigenvalue weighted by atomic mass is 10.0. The molecule has 1 N–H and O–H groups in total. The van der Waals surface area contributed by atoms with E-state index in [1.54, 1.807) is 0 Å². The van der Waals surface area contributed by atoms with Crippen LogP contribution in [0.5, 0.6) is 0 Å². The van der Waals surface area contributed by atoms with E-state index in [4.69, 9.17) is 4.74 Å². The van der Waals surface area contributed by atoms with Crippen LogP contribution in [-0.4, -0.2) is 43.2 Å². The van der Waals surface area contributed by atoms with E-state index in [-0.39, 0.29) is 18.1 Å². The minimum Gasteiger partial charge on any atom is -0.376 e. The van der Waals surface area contributed by atoms with Crippen LogP contribution < -0.4 is 5.32 Å². The Kier molecular flexibility index (Phi) is 4.94. The summed E-state index contributed by atoms with van der Waals surface area (Å²) < 4.78 is 5.51. The van der Waals surface area contributed by atoms with Gasteiger partial charge in [-0.15, -0.1) is 0 Å². The molecule has 0 unspecified atom stereocenters. The van der Waals surface area contributed by atoms with Crippen molar-refractivity contribution in [3.8, 4) is 0 Å². The highest BCUT2D eigenvalue weighted by atomic mass is 16.5. The summed E-state index contributed by atoms with van der Waals surface area (Å²) in [4.78, 5) is 14.4. The maximum absolute atomic E-state index is 12.3. The number of carbonyl (C=O) groups is 1. The Labute approximate surface area is 137 Å². The van der Waals surface area contributed by atoms with Gasteiger partial charge in [0.25, 0.3) is 0 Å². The largest absolute Gasteiger partial charge is 0.376 e. The molecule has 1 aliphatic rings. The van der Waals surface area contributed by atoms with E-state index < -0.39 is 0 Å². The third kappa shape index (κ3) is 4.09. The Bertz CT molecular complexity index is 686. The average Bonchev–Trinajstić information content (AvgIpc) is 2.54. The van der Waals surface area contributed by atoms with Crippen LogP contribution in [0, 0.1) is 0 Å². The van der Waals surface area contributed by atoms with Crippen LogP contribution in [0.2, 0.25) is 0 Å². The molecule has 0 radical (unpaired) electrons. The van der Waals surface area contributed by atoms with Gasteiger partial charge >= 0.3 is 0 Å². The first kappa shape index (κ1) is 16.0. The van der Waals surface area contributed by atoms with Crippen molar-refractivity contribution in [1.82, 2.24) is 10.2 Å². The van der Waals surface area contributed by atoms with E-state index in [9.17, 15) is 4.79 Å². The fourth-order valence-electron chi connectivity index (χ4n) is 3.08. The standard InChI is InChI=1S/C19H24N2O2/c1-14-12-21(9-10-23-14)13-19(22)20-15(2)17-8-7-16-5-3-4-6-18(16)11-17/h3-8,11,14-15H,9-10,12-13H2,1-2H3,(H,20,22)/t14-,15+/m0/s1. The number of nitrogens with one attached hydrogen (secondary N) is 1. The van der Waals surface area contributed by atoms with Crippen molar-refractivity contribution in [3.63, 3.8) is 0 Å². The smallest absolute Gasteiger partial charge is 0.234 e. The zero-order valence-corrected chi connectivity index (χ0v) is 13.8. The molecule has 1 saturated heterocycles. The molecule has 1 aliphatic heterocycles.